The van der Waals surface area contributed by atoms with E-state index < -0.39 is 0 Å². The highest BCUT2D eigenvalue weighted by molar-refractivity contribution is 5.69. The number of benzene rings is 1. The second kappa shape index (κ2) is 6.91. The quantitative estimate of drug-likeness (QED) is 0.765. The van der Waals surface area contributed by atoms with Crippen LogP contribution in [0.1, 0.15) is 18.9 Å². The van der Waals surface area contributed by atoms with Crippen LogP contribution in [0.25, 0.3) is 0 Å². The summed E-state index contributed by atoms with van der Waals surface area (Å²) < 4.78 is 9.75. The molecule has 0 heterocycles. The van der Waals surface area contributed by atoms with Crippen molar-refractivity contribution in [1.82, 2.24) is 5.32 Å². The Balaban J connectivity index is 2.41. The number of ether oxygens (including phenoxy) is 2. The van der Waals surface area contributed by atoms with Crippen LogP contribution in [-0.4, -0.2) is 26.2 Å². The molecule has 1 rings (SSSR count). The summed E-state index contributed by atoms with van der Waals surface area (Å²) in [6, 6.07) is 7.93. The summed E-state index contributed by atoms with van der Waals surface area (Å²) in [5, 5.41) is 3.26. The van der Waals surface area contributed by atoms with E-state index in [9.17, 15) is 4.79 Å². The average molecular weight is 237 g/mol. The van der Waals surface area contributed by atoms with Crippen molar-refractivity contribution in [2.75, 3.05) is 14.2 Å². The van der Waals surface area contributed by atoms with Gasteiger partial charge >= 0.3 is 5.97 Å². The number of methoxy groups -OCH3 is 2. The molecule has 1 aromatic carbocycles. The van der Waals surface area contributed by atoms with E-state index in [0.29, 0.717) is 13.0 Å². The maximum absolute atomic E-state index is 11.1. The maximum Gasteiger partial charge on any atom is 0.307 e. The first-order valence-electron chi connectivity index (χ1n) is 5.59. The van der Waals surface area contributed by atoms with Gasteiger partial charge in [-0.3, -0.25) is 4.79 Å². The van der Waals surface area contributed by atoms with Crippen LogP contribution in [0.2, 0.25) is 0 Å². The Morgan fingerprint density at radius 2 is 2.18 bits per heavy atom. The Bertz CT molecular complexity index is 365. The predicted octanol–water partition coefficient (Wildman–Crippen LogP) is 1.74. The summed E-state index contributed by atoms with van der Waals surface area (Å²) in [6.07, 6.45) is 0.375. The lowest BCUT2D eigenvalue weighted by Gasteiger charge is -2.12. The van der Waals surface area contributed by atoms with Crippen molar-refractivity contribution < 1.29 is 14.3 Å². The Morgan fingerprint density at radius 1 is 1.41 bits per heavy atom. The second-order valence-electron chi connectivity index (χ2n) is 3.91. The van der Waals surface area contributed by atoms with Gasteiger partial charge in [0.1, 0.15) is 5.75 Å². The number of nitrogens with one attached hydrogen (secondary N) is 1. The van der Waals surface area contributed by atoms with E-state index in [2.05, 4.69) is 10.1 Å². The van der Waals surface area contributed by atoms with Crippen LogP contribution < -0.4 is 10.1 Å². The number of hydrogen-bond donors (Lipinski definition) is 1. The molecule has 17 heavy (non-hydrogen) atoms. The van der Waals surface area contributed by atoms with Crippen LogP contribution in [0.15, 0.2) is 24.3 Å². The second-order valence-corrected chi connectivity index (χ2v) is 3.91. The Kier molecular flexibility index (Phi) is 5.49. The van der Waals surface area contributed by atoms with Crippen LogP contribution in [0.3, 0.4) is 0 Å². The molecule has 0 spiro atoms. The molecule has 0 aliphatic rings. The van der Waals surface area contributed by atoms with Crippen LogP contribution in [0.4, 0.5) is 0 Å². The van der Waals surface area contributed by atoms with Crippen molar-refractivity contribution in [3.05, 3.63) is 29.8 Å². The molecule has 0 bridgehead atoms. The van der Waals surface area contributed by atoms with Crippen molar-refractivity contribution in [1.29, 1.82) is 0 Å². The fraction of sp³-hybridized carbons (Fsp3) is 0.462. The minimum Gasteiger partial charge on any atom is -0.497 e. The van der Waals surface area contributed by atoms with E-state index in [4.69, 9.17) is 4.74 Å². The van der Waals surface area contributed by atoms with E-state index in [-0.39, 0.29) is 12.0 Å². The first-order chi connectivity index (χ1) is 8.15. The van der Waals surface area contributed by atoms with Crippen LogP contribution >= 0.6 is 0 Å². The van der Waals surface area contributed by atoms with Gasteiger partial charge in [0.2, 0.25) is 0 Å². The highest BCUT2D eigenvalue weighted by Gasteiger charge is 2.08. The summed E-state index contributed by atoms with van der Waals surface area (Å²) >= 11 is 0. The summed E-state index contributed by atoms with van der Waals surface area (Å²) in [7, 11) is 3.05. The van der Waals surface area contributed by atoms with Gasteiger partial charge in [-0.1, -0.05) is 12.1 Å². The minimum atomic E-state index is -0.198. The summed E-state index contributed by atoms with van der Waals surface area (Å²) in [5.41, 5.74) is 1.13. The molecule has 0 aliphatic carbocycles. The molecular weight excluding hydrogens is 218 g/mol. The Labute approximate surface area is 102 Å². The molecule has 0 radical (unpaired) electrons. The molecule has 4 nitrogen and oxygen atoms in total. The smallest absolute Gasteiger partial charge is 0.307 e. The third kappa shape index (κ3) is 4.87. The highest BCUT2D eigenvalue weighted by atomic mass is 16.5. The van der Waals surface area contributed by atoms with Gasteiger partial charge < -0.3 is 14.8 Å². The van der Waals surface area contributed by atoms with E-state index in [1.807, 2.05) is 31.2 Å². The fourth-order valence-corrected chi connectivity index (χ4v) is 1.48. The standard InChI is InChI=1S/C13H19NO3/c1-10(7-13(15)17-3)14-9-11-5-4-6-12(8-11)16-2/h4-6,8,10,14H,7,9H2,1-3H3. The fourth-order valence-electron chi connectivity index (χ4n) is 1.48. The van der Waals surface area contributed by atoms with Gasteiger partial charge in [0.05, 0.1) is 20.6 Å². The monoisotopic (exact) mass is 237 g/mol. The third-order valence-corrected chi connectivity index (χ3v) is 2.49. The Hall–Kier alpha value is -1.55. The summed E-state index contributed by atoms with van der Waals surface area (Å²) in [4.78, 5) is 11.1. The Morgan fingerprint density at radius 3 is 2.82 bits per heavy atom. The average Bonchev–Trinajstić information content (AvgIpc) is 2.36. The zero-order chi connectivity index (χ0) is 12.7. The van der Waals surface area contributed by atoms with Crippen molar-refractivity contribution in [2.45, 2.75) is 25.9 Å². The van der Waals surface area contributed by atoms with Crippen molar-refractivity contribution in [3.8, 4) is 5.75 Å². The number of esters is 1. The van der Waals surface area contributed by atoms with Gasteiger partial charge in [0, 0.05) is 12.6 Å². The van der Waals surface area contributed by atoms with Gasteiger partial charge in [-0.25, -0.2) is 0 Å². The molecule has 0 fully saturated rings. The predicted molar refractivity (Wildman–Crippen MR) is 65.9 cm³/mol. The molecule has 4 heteroatoms. The zero-order valence-corrected chi connectivity index (χ0v) is 10.5. The molecule has 0 amide bonds. The molecule has 0 saturated carbocycles. The first kappa shape index (κ1) is 13.5. The van der Waals surface area contributed by atoms with Gasteiger partial charge in [0.15, 0.2) is 0 Å². The molecule has 1 aromatic rings. The van der Waals surface area contributed by atoms with Crippen molar-refractivity contribution in [2.24, 2.45) is 0 Å². The first-order valence-corrected chi connectivity index (χ1v) is 5.59. The number of hydrogen-bond acceptors (Lipinski definition) is 4. The SMILES string of the molecule is COC(=O)CC(C)NCc1cccc(OC)c1. The van der Waals surface area contributed by atoms with E-state index in [0.717, 1.165) is 11.3 Å². The molecule has 1 N–H and O–H groups in total. The number of carbonyl (C=O) groups is 1. The highest BCUT2D eigenvalue weighted by Crippen LogP contribution is 2.12. The van der Waals surface area contributed by atoms with Gasteiger partial charge in [-0.15, -0.1) is 0 Å². The molecule has 0 aliphatic heterocycles. The van der Waals surface area contributed by atoms with E-state index >= 15 is 0 Å². The molecule has 94 valence electrons. The van der Waals surface area contributed by atoms with Crippen molar-refractivity contribution in [3.63, 3.8) is 0 Å². The van der Waals surface area contributed by atoms with Crippen molar-refractivity contribution >= 4 is 5.97 Å². The normalized spacial score (nSPS) is 11.9. The lowest BCUT2D eigenvalue weighted by atomic mass is 10.2. The minimum absolute atomic E-state index is 0.0913. The van der Waals surface area contributed by atoms with Gasteiger partial charge in [-0.05, 0) is 24.6 Å². The lowest BCUT2D eigenvalue weighted by Crippen LogP contribution is -2.28. The number of carbonyl (C=O) groups excluding carboxylic acids is 1. The molecule has 1 unspecified atom stereocenters. The van der Waals surface area contributed by atoms with E-state index in [1.54, 1.807) is 7.11 Å². The van der Waals surface area contributed by atoms with E-state index in [1.165, 1.54) is 7.11 Å². The van der Waals surface area contributed by atoms with Gasteiger partial charge in [-0.2, -0.15) is 0 Å². The van der Waals surface area contributed by atoms with Crippen LogP contribution in [0, 0.1) is 0 Å². The van der Waals surface area contributed by atoms with Gasteiger partial charge in [0.25, 0.3) is 0 Å². The molecule has 0 aromatic heterocycles. The third-order valence-electron chi connectivity index (χ3n) is 2.49. The number of rotatable bonds is 6. The maximum atomic E-state index is 11.1. The largest absolute Gasteiger partial charge is 0.497 e. The topological polar surface area (TPSA) is 47.6 Å². The molecular formula is C13H19NO3. The van der Waals surface area contributed by atoms with Crippen LogP contribution in [-0.2, 0) is 16.1 Å². The molecule has 1 atom stereocenters. The summed E-state index contributed by atoms with van der Waals surface area (Å²) in [6.45, 7) is 2.66. The zero-order valence-electron chi connectivity index (χ0n) is 10.5. The summed E-state index contributed by atoms with van der Waals surface area (Å²) in [5.74, 6) is 0.639. The van der Waals surface area contributed by atoms with Crippen LogP contribution in [0.5, 0.6) is 5.75 Å². The molecule has 0 saturated heterocycles. The lowest BCUT2D eigenvalue weighted by molar-refractivity contribution is -0.141.